The van der Waals surface area contributed by atoms with E-state index in [0.29, 0.717) is 24.4 Å². The summed E-state index contributed by atoms with van der Waals surface area (Å²) in [6, 6.07) is 14.2. The maximum Gasteiger partial charge on any atom is 0.251 e. The number of rotatable bonds is 10. The number of nitrogens with one attached hydrogen (secondary N) is 3. The van der Waals surface area contributed by atoms with Crippen molar-refractivity contribution in [2.45, 2.75) is 25.9 Å². The molecule has 3 rings (SSSR count). The molecular weight excluding hydrogens is 394 g/mol. The minimum Gasteiger partial charge on any atom is -0.489 e. The van der Waals surface area contributed by atoms with E-state index in [-0.39, 0.29) is 24.5 Å². The van der Waals surface area contributed by atoms with E-state index < -0.39 is 0 Å². The molecule has 7 heteroatoms. The van der Waals surface area contributed by atoms with Crippen LogP contribution in [0.1, 0.15) is 30.1 Å². The van der Waals surface area contributed by atoms with Crippen LogP contribution in [0, 0.1) is 0 Å². The van der Waals surface area contributed by atoms with Crippen molar-refractivity contribution in [3.05, 3.63) is 66.2 Å². The highest BCUT2D eigenvalue weighted by Gasteiger charge is 2.16. The highest BCUT2D eigenvalue weighted by atomic mass is 16.5. The van der Waals surface area contributed by atoms with Crippen LogP contribution < -0.4 is 20.7 Å². The van der Waals surface area contributed by atoms with Crippen molar-refractivity contribution < 1.29 is 19.1 Å². The molecule has 7 nitrogen and oxygen atoms in total. The molecule has 2 aromatic rings. The summed E-state index contributed by atoms with van der Waals surface area (Å²) >= 11 is 0. The van der Waals surface area contributed by atoms with Crippen LogP contribution in [0.5, 0.6) is 5.75 Å². The highest BCUT2D eigenvalue weighted by molar-refractivity contribution is 5.95. The maximum absolute atomic E-state index is 12.2. The molecule has 0 saturated carbocycles. The highest BCUT2D eigenvalue weighted by Crippen LogP contribution is 2.16. The van der Waals surface area contributed by atoms with Crippen LogP contribution in [0.15, 0.2) is 60.7 Å². The quantitative estimate of drug-likeness (QED) is 0.508. The van der Waals surface area contributed by atoms with E-state index >= 15 is 0 Å². The van der Waals surface area contributed by atoms with Gasteiger partial charge in [-0.3, -0.25) is 9.59 Å². The summed E-state index contributed by atoms with van der Waals surface area (Å²) in [6.45, 7) is 7.56. The second-order valence-corrected chi connectivity index (χ2v) is 7.59. The third-order valence-electron chi connectivity index (χ3n) is 4.74. The van der Waals surface area contributed by atoms with Crippen molar-refractivity contribution in [1.82, 2.24) is 5.32 Å². The fraction of sp³-hybridized carbons (Fsp3) is 0.333. The molecule has 0 bridgehead atoms. The molecule has 1 aliphatic rings. The lowest BCUT2D eigenvalue weighted by Crippen LogP contribution is -2.31. The molecule has 31 heavy (non-hydrogen) atoms. The fourth-order valence-corrected chi connectivity index (χ4v) is 3.08. The number of ether oxygens (including phenoxy) is 2. The minimum atomic E-state index is -0.172. The molecule has 1 heterocycles. The molecule has 0 radical (unpaired) electrons. The fourth-order valence-electron chi connectivity index (χ4n) is 3.08. The Morgan fingerprint density at radius 1 is 1.10 bits per heavy atom. The van der Waals surface area contributed by atoms with Gasteiger partial charge in [0.05, 0.1) is 12.6 Å². The first-order valence-electron chi connectivity index (χ1n) is 10.4. The topological polar surface area (TPSA) is 88.7 Å². The lowest BCUT2D eigenvalue weighted by molar-refractivity contribution is -0.114. The molecule has 0 spiro atoms. The van der Waals surface area contributed by atoms with Gasteiger partial charge in [0.25, 0.3) is 5.91 Å². The Balaban J connectivity index is 1.40. The molecule has 1 saturated heterocycles. The number of carbonyl (C=O) groups is 2. The van der Waals surface area contributed by atoms with Crippen molar-refractivity contribution in [2.24, 2.45) is 0 Å². The predicted octanol–water partition coefficient (Wildman–Crippen LogP) is 3.60. The summed E-state index contributed by atoms with van der Waals surface area (Å²) in [5.41, 5.74) is 2.96. The molecule has 2 aromatic carbocycles. The summed E-state index contributed by atoms with van der Waals surface area (Å²) in [5, 5.41) is 8.77. The lowest BCUT2D eigenvalue weighted by atomic mass is 10.2. The van der Waals surface area contributed by atoms with Gasteiger partial charge in [-0.25, -0.2) is 0 Å². The maximum atomic E-state index is 12.2. The van der Waals surface area contributed by atoms with E-state index in [0.717, 1.165) is 36.5 Å². The monoisotopic (exact) mass is 423 g/mol. The van der Waals surface area contributed by atoms with Crippen molar-refractivity contribution in [3.63, 3.8) is 0 Å². The molecule has 3 N–H and O–H groups in total. The van der Waals surface area contributed by atoms with Crippen LogP contribution in [0.4, 0.5) is 11.4 Å². The van der Waals surface area contributed by atoms with Gasteiger partial charge in [0.2, 0.25) is 5.91 Å². The number of hydrogen-bond acceptors (Lipinski definition) is 5. The summed E-state index contributed by atoms with van der Waals surface area (Å²) in [6.07, 6.45) is 2.14. The third-order valence-corrected chi connectivity index (χ3v) is 4.74. The van der Waals surface area contributed by atoms with Gasteiger partial charge in [-0.2, -0.15) is 0 Å². The number of anilines is 2. The van der Waals surface area contributed by atoms with Crippen LogP contribution in [-0.2, 0) is 9.53 Å². The Hall–Kier alpha value is -3.32. The summed E-state index contributed by atoms with van der Waals surface area (Å²) in [4.78, 5) is 24.4. The first kappa shape index (κ1) is 22.4. The molecule has 164 valence electrons. The Bertz CT molecular complexity index is 888. The molecule has 1 unspecified atom stereocenters. The van der Waals surface area contributed by atoms with Gasteiger partial charge in [-0.15, -0.1) is 0 Å². The molecule has 1 atom stereocenters. The SMILES string of the molecule is C=C(C)COc1ccc(NC(=O)CNc2ccc(C(=O)NCC3CCCO3)cc2)cc1. The number of amides is 2. The Labute approximate surface area is 182 Å². The average molecular weight is 424 g/mol. The van der Waals surface area contributed by atoms with Gasteiger partial charge < -0.3 is 25.4 Å². The normalized spacial score (nSPS) is 15.2. The molecule has 1 aliphatic heterocycles. The van der Waals surface area contributed by atoms with Gasteiger partial charge in [-0.1, -0.05) is 6.58 Å². The zero-order valence-electron chi connectivity index (χ0n) is 17.8. The van der Waals surface area contributed by atoms with Crippen LogP contribution in [0.2, 0.25) is 0 Å². The first-order chi connectivity index (χ1) is 15.0. The van der Waals surface area contributed by atoms with Crippen LogP contribution in [0.25, 0.3) is 0 Å². The Morgan fingerprint density at radius 2 is 1.81 bits per heavy atom. The number of hydrogen-bond donors (Lipinski definition) is 3. The standard InChI is InChI=1S/C24H29N3O4/c1-17(2)16-31-21-11-9-20(10-12-21)27-23(28)15-25-19-7-5-18(6-8-19)24(29)26-14-22-4-3-13-30-22/h5-12,22,25H,1,3-4,13-16H2,2H3,(H,26,29)(H,27,28). The van der Waals surface area contributed by atoms with E-state index in [1.54, 1.807) is 48.5 Å². The Morgan fingerprint density at radius 3 is 2.45 bits per heavy atom. The van der Waals surface area contributed by atoms with Crippen molar-refractivity contribution in [3.8, 4) is 5.75 Å². The van der Waals surface area contributed by atoms with Gasteiger partial charge in [0.15, 0.2) is 0 Å². The molecular formula is C24H29N3O4. The van der Waals surface area contributed by atoms with Gasteiger partial charge in [0, 0.05) is 30.1 Å². The average Bonchev–Trinajstić information content (AvgIpc) is 3.29. The second-order valence-electron chi connectivity index (χ2n) is 7.59. The van der Waals surface area contributed by atoms with E-state index in [1.807, 2.05) is 6.92 Å². The van der Waals surface area contributed by atoms with Crippen LogP contribution in [0.3, 0.4) is 0 Å². The largest absolute Gasteiger partial charge is 0.489 e. The molecule has 0 aliphatic carbocycles. The zero-order valence-corrected chi connectivity index (χ0v) is 17.8. The van der Waals surface area contributed by atoms with Crippen LogP contribution >= 0.6 is 0 Å². The predicted molar refractivity (Wildman–Crippen MR) is 122 cm³/mol. The summed E-state index contributed by atoms with van der Waals surface area (Å²) in [7, 11) is 0. The van der Waals surface area contributed by atoms with Crippen molar-refractivity contribution in [1.29, 1.82) is 0 Å². The second kappa shape index (κ2) is 11.2. The molecule has 1 fully saturated rings. The van der Waals surface area contributed by atoms with E-state index in [9.17, 15) is 9.59 Å². The third kappa shape index (κ3) is 7.46. The Kier molecular flexibility index (Phi) is 8.06. The lowest BCUT2D eigenvalue weighted by Gasteiger charge is -2.11. The minimum absolute atomic E-state index is 0.110. The number of benzene rings is 2. The van der Waals surface area contributed by atoms with Gasteiger partial charge >= 0.3 is 0 Å². The smallest absolute Gasteiger partial charge is 0.251 e. The number of carbonyl (C=O) groups excluding carboxylic acids is 2. The zero-order chi connectivity index (χ0) is 22.1. The summed E-state index contributed by atoms with van der Waals surface area (Å²) in [5.74, 6) is 0.420. The van der Waals surface area contributed by atoms with Crippen molar-refractivity contribution >= 4 is 23.2 Å². The first-order valence-corrected chi connectivity index (χ1v) is 10.4. The van der Waals surface area contributed by atoms with E-state index in [2.05, 4.69) is 22.5 Å². The molecule has 2 amide bonds. The van der Waals surface area contributed by atoms with Gasteiger partial charge in [0.1, 0.15) is 12.4 Å². The van der Waals surface area contributed by atoms with E-state index in [4.69, 9.17) is 9.47 Å². The van der Waals surface area contributed by atoms with E-state index in [1.165, 1.54) is 0 Å². The van der Waals surface area contributed by atoms with Crippen molar-refractivity contribution in [2.75, 3.05) is 36.9 Å². The summed E-state index contributed by atoms with van der Waals surface area (Å²) < 4.78 is 11.0. The van der Waals surface area contributed by atoms with Gasteiger partial charge in [-0.05, 0) is 73.9 Å². The van der Waals surface area contributed by atoms with Crippen LogP contribution in [-0.4, -0.2) is 44.2 Å². The molecule has 0 aromatic heterocycles.